The monoisotopic (exact) mass is 408 g/mol. The maximum absolute atomic E-state index is 13.0. The molecule has 0 N–H and O–H groups in total. The van der Waals surface area contributed by atoms with Crippen LogP contribution in [-0.4, -0.2) is 24.6 Å². The van der Waals surface area contributed by atoms with E-state index in [0.717, 1.165) is 17.1 Å². The fourth-order valence-corrected chi connectivity index (χ4v) is 3.64. The molecule has 156 valence electrons. The third-order valence-electron chi connectivity index (χ3n) is 4.99. The molecular weight excluding hydrogens is 384 g/mol. The van der Waals surface area contributed by atoms with Gasteiger partial charge in [-0.25, -0.2) is 4.79 Å². The highest BCUT2D eigenvalue weighted by molar-refractivity contribution is 5.94. The molecule has 7 nitrogen and oxygen atoms in total. The lowest BCUT2D eigenvalue weighted by atomic mass is 9.85. The van der Waals surface area contributed by atoms with Crippen LogP contribution in [0.15, 0.2) is 72.1 Å². The lowest BCUT2D eigenvalue weighted by Gasteiger charge is -2.32. The number of rotatable bonds is 7. The van der Waals surface area contributed by atoms with Crippen molar-refractivity contribution in [3.8, 4) is 5.75 Å². The number of para-hydroxylation sites is 1. The molecule has 1 unspecified atom stereocenters. The van der Waals surface area contributed by atoms with Gasteiger partial charge in [-0.15, -0.1) is 0 Å². The van der Waals surface area contributed by atoms with Gasteiger partial charge >= 0.3 is 5.97 Å². The number of nitro benzene ring substituents is 1. The van der Waals surface area contributed by atoms with Gasteiger partial charge in [0.2, 0.25) is 0 Å². The minimum absolute atomic E-state index is 0.0256. The van der Waals surface area contributed by atoms with Crippen LogP contribution in [0.4, 0.5) is 11.4 Å². The van der Waals surface area contributed by atoms with Crippen LogP contribution in [0, 0.1) is 10.1 Å². The van der Waals surface area contributed by atoms with E-state index >= 15 is 0 Å². The molecule has 0 radical (unpaired) electrons. The lowest BCUT2D eigenvalue weighted by Crippen LogP contribution is -2.28. The third kappa shape index (κ3) is 4.05. The first-order valence-electron chi connectivity index (χ1n) is 9.76. The highest BCUT2D eigenvalue weighted by Gasteiger charge is 2.34. The number of hydrogen-bond acceptors (Lipinski definition) is 6. The number of anilines is 1. The average Bonchev–Trinajstić information content (AvgIpc) is 2.78. The molecule has 2 aromatic rings. The first kappa shape index (κ1) is 21.1. The smallest absolute Gasteiger partial charge is 0.336 e. The summed E-state index contributed by atoms with van der Waals surface area (Å²) >= 11 is 0. The van der Waals surface area contributed by atoms with Crippen molar-refractivity contribution in [1.82, 2.24) is 0 Å². The van der Waals surface area contributed by atoms with E-state index in [1.807, 2.05) is 42.3 Å². The van der Waals surface area contributed by atoms with Gasteiger partial charge in [0.1, 0.15) is 5.75 Å². The molecule has 0 spiro atoms. The van der Waals surface area contributed by atoms with Crippen molar-refractivity contribution in [3.05, 3.63) is 87.8 Å². The molecule has 30 heavy (non-hydrogen) atoms. The van der Waals surface area contributed by atoms with Crippen LogP contribution in [0.25, 0.3) is 0 Å². The van der Waals surface area contributed by atoms with E-state index in [2.05, 4.69) is 0 Å². The molecule has 1 heterocycles. The van der Waals surface area contributed by atoms with Crippen LogP contribution < -0.4 is 9.64 Å². The van der Waals surface area contributed by atoms with Gasteiger partial charge in [0.05, 0.1) is 24.2 Å². The molecule has 3 rings (SSSR count). The number of carbonyl (C=O) groups excluding carboxylic acids is 1. The van der Waals surface area contributed by atoms with Gasteiger partial charge in [-0.05, 0) is 37.6 Å². The zero-order valence-electron chi connectivity index (χ0n) is 17.2. The molecule has 0 aliphatic carbocycles. The Bertz CT molecular complexity index is 995. The van der Waals surface area contributed by atoms with E-state index < -0.39 is 16.8 Å². The Kier molecular flexibility index (Phi) is 6.51. The Morgan fingerprint density at radius 3 is 2.43 bits per heavy atom. The van der Waals surface area contributed by atoms with Gasteiger partial charge in [0.15, 0.2) is 0 Å². The number of hydrogen-bond donors (Lipinski definition) is 0. The summed E-state index contributed by atoms with van der Waals surface area (Å²) in [4.78, 5) is 26.1. The molecule has 1 aliphatic rings. The normalized spacial score (nSPS) is 15.8. The molecule has 0 bridgehead atoms. The van der Waals surface area contributed by atoms with Crippen molar-refractivity contribution >= 4 is 17.3 Å². The topological polar surface area (TPSA) is 81.9 Å². The fourth-order valence-electron chi connectivity index (χ4n) is 3.64. The Morgan fingerprint density at radius 1 is 1.13 bits per heavy atom. The van der Waals surface area contributed by atoms with Gasteiger partial charge in [-0.2, -0.15) is 0 Å². The SMILES string of the molecule is CCOC(=O)C1=C(CC)N(c2ccc(OC)cc2)C=CC1c1ccccc1[N+](=O)[O-]. The second-order valence-corrected chi connectivity index (χ2v) is 6.64. The zero-order chi connectivity index (χ0) is 21.7. The van der Waals surface area contributed by atoms with Crippen molar-refractivity contribution in [3.63, 3.8) is 0 Å². The number of nitro groups is 1. The van der Waals surface area contributed by atoms with Gasteiger partial charge in [0.25, 0.3) is 5.69 Å². The van der Waals surface area contributed by atoms with E-state index in [4.69, 9.17) is 9.47 Å². The molecule has 1 aliphatic heterocycles. The maximum atomic E-state index is 13.0. The highest BCUT2D eigenvalue weighted by Crippen LogP contribution is 2.41. The van der Waals surface area contributed by atoms with E-state index in [0.29, 0.717) is 17.6 Å². The fraction of sp³-hybridized carbons (Fsp3) is 0.261. The summed E-state index contributed by atoms with van der Waals surface area (Å²) in [5.41, 5.74) is 2.44. The Morgan fingerprint density at radius 2 is 1.83 bits per heavy atom. The summed E-state index contributed by atoms with van der Waals surface area (Å²) in [5, 5.41) is 11.6. The average molecular weight is 408 g/mol. The van der Waals surface area contributed by atoms with Gasteiger partial charge < -0.3 is 14.4 Å². The molecule has 0 amide bonds. The molecule has 0 saturated heterocycles. The van der Waals surface area contributed by atoms with Crippen molar-refractivity contribution in [2.75, 3.05) is 18.6 Å². The Balaban J connectivity index is 2.15. The number of allylic oxidation sites excluding steroid dienone is 2. The minimum atomic E-state index is -0.574. The highest BCUT2D eigenvalue weighted by atomic mass is 16.6. The number of nitrogens with zero attached hydrogens (tertiary/aromatic N) is 2. The summed E-state index contributed by atoms with van der Waals surface area (Å²) in [6, 6.07) is 14.0. The molecule has 7 heteroatoms. The van der Waals surface area contributed by atoms with Gasteiger partial charge in [0, 0.05) is 35.1 Å². The first-order chi connectivity index (χ1) is 14.5. The van der Waals surface area contributed by atoms with Crippen molar-refractivity contribution in [2.45, 2.75) is 26.2 Å². The largest absolute Gasteiger partial charge is 0.497 e. The summed E-state index contributed by atoms with van der Waals surface area (Å²) in [7, 11) is 1.60. The number of esters is 1. The first-order valence-corrected chi connectivity index (χ1v) is 9.76. The van der Waals surface area contributed by atoms with Crippen molar-refractivity contribution in [2.24, 2.45) is 0 Å². The molecule has 0 aromatic heterocycles. The van der Waals surface area contributed by atoms with Gasteiger partial charge in [-0.1, -0.05) is 31.2 Å². The van der Waals surface area contributed by atoms with Crippen LogP contribution >= 0.6 is 0 Å². The van der Waals surface area contributed by atoms with Crippen LogP contribution in [-0.2, 0) is 9.53 Å². The van der Waals surface area contributed by atoms with E-state index in [1.54, 1.807) is 38.3 Å². The summed E-state index contributed by atoms with van der Waals surface area (Å²) in [6.45, 7) is 3.90. The Hall–Kier alpha value is -3.61. The third-order valence-corrected chi connectivity index (χ3v) is 4.99. The van der Waals surface area contributed by atoms with Crippen LogP contribution in [0.1, 0.15) is 31.7 Å². The predicted molar refractivity (Wildman–Crippen MR) is 114 cm³/mol. The van der Waals surface area contributed by atoms with Gasteiger partial charge in [-0.3, -0.25) is 10.1 Å². The van der Waals surface area contributed by atoms with Crippen LogP contribution in [0.5, 0.6) is 5.75 Å². The van der Waals surface area contributed by atoms with E-state index in [9.17, 15) is 14.9 Å². The summed E-state index contributed by atoms with van der Waals surface area (Å²) in [5.74, 6) is -0.319. The van der Waals surface area contributed by atoms with Crippen LogP contribution in [0.3, 0.4) is 0 Å². The standard InChI is InChI=1S/C23H24N2O5/c1-4-20-22(23(26)30-5-2)19(18-8-6-7-9-21(18)25(27)28)14-15-24(20)16-10-12-17(29-3)13-11-16/h6-15,19H,4-5H2,1-3H3. The minimum Gasteiger partial charge on any atom is -0.497 e. The van der Waals surface area contributed by atoms with Crippen molar-refractivity contribution < 1.29 is 19.2 Å². The van der Waals surface area contributed by atoms with E-state index in [1.165, 1.54) is 6.07 Å². The number of benzene rings is 2. The maximum Gasteiger partial charge on any atom is 0.336 e. The quantitative estimate of drug-likeness (QED) is 0.366. The van der Waals surface area contributed by atoms with Crippen LogP contribution in [0.2, 0.25) is 0 Å². The zero-order valence-corrected chi connectivity index (χ0v) is 17.2. The second-order valence-electron chi connectivity index (χ2n) is 6.64. The number of methoxy groups -OCH3 is 1. The second kappa shape index (κ2) is 9.26. The summed E-state index contributed by atoms with van der Waals surface area (Å²) < 4.78 is 10.6. The number of ether oxygens (including phenoxy) is 2. The van der Waals surface area contributed by atoms with Crippen molar-refractivity contribution in [1.29, 1.82) is 0 Å². The molecule has 1 atom stereocenters. The predicted octanol–water partition coefficient (Wildman–Crippen LogP) is 4.95. The molecule has 0 fully saturated rings. The Labute approximate surface area is 175 Å². The van der Waals surface area contributed by atoms with E-state index in [-0.39, 0.29) is 12.3 Å². The summed E-state index contributed by atoms with van der Waals surface area (Å²) in [6.07, 6.45) is 4.20. The lowest BCUT2D eigenvalue weighted by molar-refractivity contribution is -0.385. The molecule has 0 saturated carbocycles. The molecule has 2 aromatic carbocycles. The molecular formula is C23H24N2O5. The number of carbonyl (C=O) groups is 1.